The fraction of sp³-hybridized carbons (Fsp3) is 0.900. The van der Waals surface area contributed by atoms with E-state index in [9.17, 15) is 13.2 Å². The number of ether oxygens (including phenoxy) is 1. The molecule has 0 saturated heterocycles. The van der Waals surface area contributed by atoms with Crippen LogP contribution in [0.15, 0.2) is 0 Å². The molecule has 1 fully saturated rings. The van der Waals surface area contributed by atoms with Crippen LogP contribution in [-0.2, 0) is 19.7 Å². The van der Waals surface area contributed by atoms with Gasteiger partial charge in [0.2, 0.25) is 0 Å². The Morgan fingerprint density at radius 3 is 2.72 bits per heavy atom. The molecule has 1 aliphatic carbocycles. The molecule has 0 spiro atoms. The van der Waals surface area contributed by atoms with E-state index in [1.807, 2.05) is 0 Å². The van der Waals surface area contributed by atoms with Crippen molar-refractivity contribution in [1.82, 2.24) is 9.03 Å². The fourth-order valence-electron chi connectivity index (χ4n) is 1.26. The van der Waals surface area contributed by atoms with Gasteiger partial charge in [-0.15, -0.1) is 0 Å². The summed E-state index contributed by atoms with van der Waals surface area (Å²) in [5.74, 6) is -0.371. The van der Waals surface area contributed by atoms with Crippen LogP contribution in [0.3, 0.4) is 0 Å². The molecule has 1 rings (SSSR count). The maximum Gasteiger partial charge on any atom is 0.304 e. The number of carbonyl (C=O) groups is 1. The van der Waals surface area contributed by atoms with E-state index in [-0.39, 0.29) is 19.5 Å². The quantitative estimate of drug-likeness (QED) is 0.533. The first kappa shape index (κ1) is 15.4. The zero-order valence-electron chi connectivity index (χ0n) is 10.5. The lowest BCUT2D eigenvalue weighted by molar-refractivity contribution is -0.137. The van der Waals surface area contributed by atoms with Gasteiger partial charge in [-0.25, -0.2) is 0 Å². The van der Waals surface area contributed by atoms with Crippen molar-refractivity contribution in [2.75, 3.05) is 33.4 Å². The first-order valence-electron chi connectivity index (χ1n) is 5.92. The molecule has 0 aromatic carbocycles. The average molecular weight is 280 g/mol. The minimum Gasteiger partial charge on any atom is -0.481 e. The van der Waals surface area contributed by atoms with E-state index in [1.165, 1.54) is 19.9 Å². The maximum atomic E-state index is 11.6. The monoisotopic (exact) mass is 280 g/mol. The van der Waals surface area contributed by atoms with Crippen molar-refractivity contribution in [2.45, 2.75) is 19.3 Å². The Hall–Kier alpha value is -0.700. The molecule has 0 atom stereocenters. The highest BCUT2D eigenvalue weighted by Gasteiger charge is 2.21. The van der Waals surface area contributed by atoms with E-state index in [0.29, 0.717) is 19.1 Å². The van der Waals surface area contributed by atoms with E-state index in [0.717, 1.165) is 4.31 Å². The van der Waals surface area contributed by atoms with Gasteiger partial charge in [0.05, 0.1) is 13.0 Å². The Bertz CT molecular complexity index is 366. The number of hydrogen-bond acceptors (Lipinski definition) is 4. The molecular weight excluding hydrogens is 260 g/mol. The smallest absolute Gasteiger partial charge is 0.304 e. The van der Waals surface area contributed by atoms with Crippen LogP contribution in [0.25, 0.3) is 0 Å². The largest absolute Gasteiger partial charge is 0.481 e. The highest BCUT2D eigenvalue weighted by atomic mass is 32.2. The zero-order valence-corrected chi connectivity index (χ0v) is 11.3. The standard InChI is InChI=1S/C10H20N2O5S/c1-12(6-4-10(13)14)18(15,16)11-5-7-17-8-9-2-3-9/h9,11H,2-8H2,1H3,(H,13,14). The minimum absolute atomic E-state index is 0.0480. The fourth-order valence-corrected chi connectivity index (χ4v) is 2.15. The Morgan fingerprint density at radius 2 is 2.17 bits per heavy atom. The van der Waals surface area contributed by atoms with Crippen molar-refractivity contribution in [1.29, 1.82) is 0 Å². The third kappa shape index (κ3) is 6.29. The molecule has 8 heteroatoms. The Balaban J connectivity index is 2.14. The number of carboxylic acid groups (broad SMARTS) is 1. The van der Waals surface area contributed by atoms with Crippen LogP contribution < -0.4 is 4.72 Å². The van der Waals surface area contributed by atoms with Crippen molar-refractivity contribution < 1.29 is 23.1 Å². The summed E-state index contributed by atoms with van der Waals surface area (Å²) in [6, 6.07) is 0. The van der Waals surface area contributed by atoms with Crippen molar-refractivity contribution in [3.05, 3.63) is 0 Å². The molecule has 0 bridgehead atoms. The normalized spacial score (nSPS) is 16.1. The summed E-state index contributed by atoms with van der Waals surface area (Å²) in [5, 5.41) is 8.47. The summed E-state index contributed by atoms with van der Waals surface area (Å²) in [7, 11) is -2.26. The lowest BCUT2D eigenvalue weighted by atomic mass is 10.4. The van der Waals surface area contributed by atoms with Crippen molar-refractivity contribution in [2.24, 2.45) is 5.92 Å². The van der Waals surface area contributed by atoms with Gasteiger partial charge in [0.15, 0.2) is 0 Å². The van der Waals surface area contributed by atoms with Crippen LogP contribution in [0.5, 0.6) is 0 Å². The average Bonchev–Trinajstić information content (AvgIpc) is 3.09. The third-order valence-electron chi connectivity index (χ3n) is 2.63. The third-order valence-corrected chi connectivity index (χ3v) is 4.20. The summed E-state index contributed by atoms with van der Waals surface area (Å²) in [4.78, 5) is 10.3. The van der Waals surface area contributed by atoms with Gasteiger partial charge in [0.1, 0.15) is 0 Å². The summed E-state index contributed by atoms with van der Waals surface area (Å²) in [5.41, 5.74) is 0. The molecule has 0 radical (unpaired) electrons. The van der Waals surface area contributed by atoms with Gasteiger partial charge in [-0.05, 0) is 18.8 Å². The molecule has 0 aromatic rings. The number of nitrogens with zero attached hydrogens (tertiary/aromatic N) is 1. The van der Waals surface area contributed by atoms with Crippen molar-refractivity contribution >= 4 is 16.2 Å². The van der Waals surface area contributed by atoms with E-state index < -0.39 is 16.2 Å². The zero-order chi connectivity index (χ0) is 13.6. The SMILES string of the molecule is CN(CCC(=O)O)S(=O)(=O)NCCOCC1CC1. The van der Waals surface area contributed by atoms with Gasteiger partial charge in [0, 0.05) is 26.7 Å². The Kier molecular flexibility index (Phi) is 6.00. The predicted molar refractivity (Wildman–Crippen MR) is 65.3 cm³/mol. The molecule has 0 aromatic heterocycles. The minimum atomic E-state index is -3.60. The van der Waals surface area contributed by atoms with Gasteiger partial charge >= 0.3 is 5.97 Å². The molecule has 18 heavy (non-hydrogen) atoms. The van der Waals surface area contributed by atoms with E-state index >= 15 is 0 Å². The van der Waals surface area contributed by atoms with Gasteiger partial charge in [-0.2, -0.15) is 17.4 Å². The molecule has 1 saturated carbocycles. The number of rotatable bonds is 10. The molecular formula is C10H20N2O5S. The summed E-state index contributed by atoms with van der Waals surface area (Å²) in [6.07, 6.45) is 2.18. The molecule has 106 valence electrons. The second-order valence-corrected chi connectivity index (χ2v) is 6.25. The second kappa shape index (κ2) is 7.03. The molecule has 2 N–H and O–H groups in total. The Morgan fingerprint density at radius 1 is 1.50 bits per heavy atom. The molecule has 0 aliphatic heterocycles. The first-order chi connectivity index (χ1) is 8.42. The number of hydrogen-bond donors (Lipinski definition) is 2. The molecule has 1 aliphatic rings. The number of carboxylic acids is 1. The summed E-state index contributed by atoms with van der Waals surface area (Å²) >= 11 is 0. The van der Waals surface area contributed by atoms with Gasteiger partial charge in [-0.3, -0.25) is 4.79 Å². The summed E-state index contributed by atoms with van der Waals surface area (Å²) < 4.78 is 31.9. The van der Waals surface area contributed by atoms with Crippen LogP contribution in [-0.4, -0.2) is 57.1 Å². The van der Waals surface area contributed by atoms with Crippen LogP contribution in [0.1, 0.15) is 19.3 Å². The topological polar surface area (TPSA) is 95.9 Å². The highest BCUT2D eigenvalue weighted by molar-refractivity contribution is 7.87. The summed E-state index contributed by atoms with van der Waals surface area (Å²) in [6.45, 7) is 1.18. The maximum absolute atomic E-state index is 11.6. The van der Waals surface area contributed by atoms with Crippen LogP contribution >= 0.6 is 0 Å². The second-order valence-electron chi connectivity index (χ2n) is 4.38. The Labute approximate surface area is 107 Å². The number of nitrogens with one attached hydrogen (secondary N) is 1. The molecule has 0 amide bonds. The van der Waals surface area contributed by atoms with E-state index in [1.54, 1.807) is 0 Å². The molecule has 0 heterocycles. The van der Waals surface area contributed by atoms with Crippen molar-refractivity contribution in [3.8, 4) is 0 Å². The lowest BCUT2D eigenvalue weighted by Crippen LogP contribution is -2.40. The van der Waals surface area contributed by atoms with E-state index in [4.69, 9.17) is 9.84 Å². The molecule has 0 unspecified atom stereocenters. The van der Waals surface area contributed by atoms with Crippen LogP contribution in [0.2, 0.25) is 0 Å². The number of aliphatic carboxylic acids is 1. The van der Waals surface area contributed by atoms with Crippen LogP contribution in [0, 0.1) is 5.92 Å². The van der Waals surface area contributed by atoms with Crippen molar-refractivity contribution in [3.63, 3.8) is 0 Å². The first-order valence-corrected chi connectivity index (χ1v) is 7.36. The molecule has 7 nitrogen and oxygen atoms in total. The highest BCUT2D eigenvalue weighted by Crippen LogP contribution is 2.28. The van der Waals surface area contributed by atoms with Gasteiger partial charge in [0.25, 0.3) is 10.2 Å². The van der Waals surface area contributed by atoms with Crippen LogP contribution in [0.4, 0.5) is 0 Å². The van der Waals surface area contributed by atoms with Gasteiger partial charge < -0.3 is 9.84 Å². The van der Waals surface area contributed by atoms with E-state index in [2.05, 4.69) is 4.72 Å². The van der Waals surface area contributed by atoms with Gasteiger partial charge in [-0.1, -0.05) is 0 Å². The lowest BCUT2D eigenvalue weighted by Gasteiger charge is -2.16. The predicted octanol–water partition coefficient (Wildman–Crippen LogP) is -0.346.